The second-order valence-electron chi connectivity index (χ2n) is 5.24. The van der Waals surface area contributed by atoms with Gasteiger partial charge in [-0.05, 0) is 18.9 Å². The van der Waals surface area contributed by atoms with Crippen LogP contribution in [0.5, 0.6) is 0 Å². The fourth-order valence-electron chi connectivity index (χ4n) is 2.02. The Labute approximate surface area is 118 Å². The van der Waals surface area contributed by atoms with E-state index in [-0.39, 0.29) is 17.9 Å². The van der Waals surface area contributed by atoms with Gasteiger partial charge in [-0.1, -0.05) is 13.8 Å². The van der Waals surface area contributed by atoms with Crippen molar-refractivity contribution in [3.8, 4) is 0 Å². The van der Waals surface area contributed by atoms with Crippen LogP contribution in [0.2, 0.25) is 0 Å². The molecule has 20 heavy (non-hydrogen) atoms. The zero-order valence-electron chi connectivity index (χ0n) is 12.2. The Bertz CT molecular complexity index is 572. The third-order valence-corrected chi connectivity index (χ3v) is 3.21. The number of hydrogen-bond donors (Lipinski definition) is 1. The van der Waals surface area contributed by atoms with Crippen molar-refractivity contribution in [2.24, 2.45) is 13.0 Å². The maximum absolute atomic E-state index is 12.3. The van der Waals surface area contributed by atoms with Crippen molar-refractivity contribution in [2.75, 3.05) is 0 Å². The molecule has 1 atom stereocenters. The largest absolute Gasteiger partial charge is 0.346 e. The van der Waals surface area contributed by atoms with Gasteiger partial charge in [0.15, 0.2) is 0 Å². The molecule has 0 aromatic carbocycles. The van der Waals surface area contributed by atoms with Crippen LogP contribution in [0, 0.1) is 12.8 Å². The van der Waals surface area contributed by atoms with Crippen molar-refractivity contribution in [3.63, 3.8) is 0 Å². The Kier molecular flexibility index (Phi) is 4.16. The van der Waals surface area contributed by atoms with E-state index in [0.29, 0.717) is 12.2 Å². The number of carbonyl (C=O) groups is 1. The van der Waals surface area contributed by atoms with E-state index < -0.39 is 0 Å². The molecule has 1 amide bonds. The van der Waals surface area contributed by atoms with Gasteiger partial charge in [-0.15, -0.1) is 0 Å². The summed E-state index contributed by atoms with van der Waals surface area (Å²) in [7, 11) is 1.77. The first kappa shape index (κ1) is 14.2. The van der Waals surface area contributed by atoms with Gasteiger partial charge in [0.2, 0.25) is 0 Å². The van der Waals surface area contributed by atoms with Gasteiger partial charge >= 0.3 is 0 Å². The molecule has 1 N–H and O–H groups in total. The molecule has 2 rings (SSSR count). The zero-order chi connectivity index (χ0) is 14.7. The number of aromatic nitrogens is 5. The smallest absolute Gasteiger partial charge is 0.269 e. The normalized spacial score (nSPS) is 12.7. The molecule has 7 heteroatoms. The number of aryl methyl sites for hydroxylation is 2. The molecule has 2 heterocycles. The molecule has 0 fully saturated rings. The van der Waals surface area contributed by atoms with Gasteiger partial charge < -0.3 is 5.32 Å². The highest BCUT2D eigenvalue weighted by Gasteiger charge is 2.20. The SMILES string of the molecule is Cc1cc(C(=O)N[C@@H](Cn2cncn2)C(C)C)n(C)n1. The molecule has 0 saturated carbocycles. The molecule has 2 aromatic rings. The lowest BCUT2D eigenvalue weighted by Crippen LogP contribution is -2.42. The first-order valence-electron chi connectivity index (χ1n) is 6.61. The molecule has 2 aromatic heterocycles. The Balaban J connectivity index is 2.08. The van der Waals surface area contributed by atoms with Gasteiger partial charge in [-0.3, -0.25) is 14.2 Å². The van der Waals surface area contributed by atoms with E-state index in [9.17, 15) is 4.79 Å². The Morgan fingerprint density at radius 3 is 2.70 bits per heavy atom. The molecule has 0 bridgehead atoms. The van der Waals surface area contributed by atoms with Crippen LogP contribution >= 0.6 is 0 Å². The van der Waals surface area contributed by atoms with Gasteiger partial charge in [-0.2, -0.15) is 10.2 Å². The van der Waals surface area contributed by atoms with Gasteiger partial charge in [0.25, 0.3) is 5.91 Å². The van der Waals surface area contributed by atoms with E-state index in [1.165, 1.54) is 6.33 Å². The Hall–Kier alpha value is -2.18. The summed E-state index contributed by atoms with van der Waals surface area (Å²) in [6.45, 7) is 6.60. The van der Waals surface area contributed by atoms with Gasteiger partial charge in [-0.25, -0.2) is 4.98 Å². The topological polar surface area (TPSA) is 77.6 Å². The van der Waals surface area contributed by atoms with Gasteiger partial charge in [0, 0.05) is 7.05 Å². The molecular weight excluding hydrogens is 256 g/mol. The highest BCUT2D eigenvalue weighted by Crippen LogP contribution is 2.07. The number of hydrogen-bond acceptors (Lipinski definition) is 4. The first-order chi connectivity index (χ1) is 9.47. The molecule has 7 nitrogen and oxygen atoms in total. The highest BCUT2D eigenvalue weighted by atomic mass is 16.2. The van der Waals surface area contributed by atoms with Crippen LogP contribution < -0.4 is 5.32 Å². The lowest BCUT2D eigenvalue weighted by molar-refractivity contribution is 0.0909. The molecule has 0 radical (unpaired) electrons. The third kappa shape index (κ3) is 3.23. The summed E-state index contributed by atoms with van der Waals surface area (Å²) in [4.78, 5) is 16.2. The van der Waals surface area contributed by atoms with E-state index in [0.717, 1.165) is 5.69 Å². The van der Waals surface area contributed by atoms with Crippen LogP contribution in [-0.4, -0.2) is 36.5 Å². The van der Waals surface area contributed by atoms with Gasteiger partial charge in [0.05, 0.1) is 18.3 Å². The standard InChI is InChI=1S/C13H20N6O/c1-9(2)11(6-19-8-14-7-15-19)16-13(20)12-5-10(3)17-18(12)4/h5,7-9,11H,6H2,1-4H3,(H,16,20)/t11-/m0/s1. The fraction of sp³-hybridized carbons (Fsp3) is 0.538. The number of nitrogens with one attached hydrogen (secondary N) is 1. The van der Waals surface area contributed by atoms with Crippen molar-refractivity contribution in [1.82, 2.24) is 29.9 Å². The summed E-state index contributed by atoms with van der Waals surface area (Å²) >= 11 is 0. The van der Waals surface area contributed by atoms with E-state index >= 15 is 0 Å². The molecule has 0 saturated heterocycles. The lowest BCUT2D eigenvalue weighted by Gasteiger charge is -2.22. The molecular formula is C13H20N6O. The predicted molar refractivity (Wildman–Crippen MR) is 74.1 cm³/mol. The minimum Gasteiger partial charge on any atom is -0.346 e. The summed E-state index contributed by atoms with van der Waals surface area (Å²) < 4.78 is 3.32. The van der Waals surface area contributed by atoms with Crippen LogP contribution in [0.3, 0.4) is 0 Å². The Morgan fingerprint density at radius 1 is 1.45 bits per heavy atom. The van der Waals surface area contributed by atoms with Crippen LogP contribution in [0.15, 0.2) is 18.7 Å². The van der Waals surface area contributed by atoms with E-state index in [2.05, 4.69) is 34.3 Å². The summed E-state index contributed by atoms with van der Waals surface area (Å²) in [6.07, 6.45) is 3.14. The van der Waals surface area contributed by atoms with Crippen molar-refractivity contribution >= 4 is 5.91 Å². The first-order valence-corrected chi connectivity index (χ1v) is 6.61. The molecule has 108 valence electrons. The second-order valence-corrected chi connectivity index (χ2v) is 5.24. The zero-order valence-corrected chi connectivity index (χ0v) is 12.2. The van der Waals surface area contributed by atoms with E-state index in [4.69, 9.17) is 0 Å². The number of carbonyl (C=O) groups excluding carboxylic acids is 1. The number of nitrogens with zero attached hydrogens (tertiary/aromatic N) is 5. The minimum atomic E-state index is -0.119. The fourth-order valence-corrected chi connectivity index (χ4v) is 2.02. The third-order valence-electron chi connectivity index (χ3n) is 3.21. The predicted octanol–water partition coefficient (Wildman–Crippen LogP) is 0.775. The molecule has 0 aliphatic heterocycles. The maximum atomic E-state index is 12.3. The summed E-state index contributed by atoms with van der Waals surface area (Å²) in [5.74, 6) is 0.171. The van der Waals surface area contributed by atoms with Crippen LogP contribution in [0.4, 0.5) is 0 Å². The lowest BCUT2D eigenvalue weighted by atomic mass is 10.0. The van der Waals surface area contributed by atoms with Crippen molar-refractivity contribution in [1.29, 1.82) is 0 Å². The number of amides is 1. The van der Waals surface area contributed by atoms with Crippen LogP contribution in [0.25, 0.3) is 0 Å². The quantitative estimate of drug-likeness (QED) is 0.875. The van der Waals surface area contributed by atoms with Crippen molar-refractivity contribution < 1.29 is 4.79 Å². The molecule has 0 aliphatic carbocycles. The van der Waals surface area contributed by atoms with E-state index in [1.807, 2.05) is 6.92 Å². The average molecular weight is 276 g/mol. The van der Waals surface area contributed by atoms with E-state index in [1.54, 1.807) is 28.8 Å². The second kappa shape index (κ2) is 5.85. The molecule has 0 spiro atoms. The van der Waals surface area contributed by atoms with Crippen LogP contribution in [0.1, 0.15) is 30.0 Å². The molecule has 0 unspecified atom stereocenters. The summed E-state index contributed by atoms with van der Waals surface area (Å²) in [5.41, 5.74) is 1.39. The monoisotopic (exact) mass is 276 g/mol. The maximum Gasteiger partial charge on any atom is 0.269 e. The minimum absolute atomic E-state index is 0.0144. The van der Waals surface area contributed by atoms with Crippen molar-refractivity contribution in [3.05, 3.63) is 30.1 Å². The summed E-state index contributed by atoms with van der Waals surface area (Å²) in [5, 5.41) is 11.3. The Morgan fingerprint density at radius 2 is 2.20 bits per heavy atom. The average Bonchev–Trinajstić information content (AvgIpc) is 2.97. The number of rotatable bonds is 5. The van der Waals surface area contributed by atoms with Gasteiger partial charge in [0.1, 0.15) is 18.3 Å². The molecule has 0 aliphatic rings. The van der Waals surface area contributed by atoms with Crippen molar-refractivity contribution in [2.45, 2.75) is 33.4 Å². The summed E-state index contributed by atoms with van der Waals surface area (Å²) in [6, 6.07) is 1.77. The van der Waals surface area contributed by atoms with Crippen LogP contribution in [-0.2, 0) is 13.6 Å². The highest BCUT2D eigenvalue weighted by molar-refractivity contribution is 5.92.